The monoisotopic (exact) mass is 439 g/mol. The maximum atomic E-state index is 12.5. The van der Waals surface area contributed by atoms with Crippen molar-refractivity contribution in [1.82, 2.24) is 4.72 Å². The molecule has 0 fully saturated rings. The van der Waals surface area contributed by atoms with Gasteiger partial charge in [0, 0.05) is 24.2 Å². The number of hydrogen-bond donors (Lipinski definition) is 2. The number of carbonyl (C=O) groups is 1. The van der Waals surface area contributed by atoms with Gasteiger partial charge in [0.15, 0.2) is 0 Å². The molecule has 1 amide bonds. The van der Waals surface area contributed by atoms with Crippen molar-refractivity contribution < 1.29 is 13.2 Å². The van der Waals surface area contributed by atoms with Crippen LogP contribution in [0, 0.1) is 0 Å². The number of benzene rings is 2. The van der Waals surface area contributed by atoms with Gasteiger partial charge in [-0.3, -0.25) is 14.5 Å². The van der Waals surface area contributed by atoms with E-state index < -0.39 is 10.0 Å². The summed E-state index contributed by atoms with van der Waals surface area (Å²) in [6.07, 6.45) is 3.55. The van der Waals surface area contributed by atoms with E-state index in [1.54, 1.807) is 6.07 Å². The van der Waals surface area contributed by atoms with Crippen LogP contribution in [0.1, 0.15) is 36.0 Å². The molecule has 1 aliphatic heterocycles. The number of halogens is 2. The Morgan fingerprint density at radius 3 is 2.43 bits per heavy atom. The van der Waals surface area contributed by atoms with Gasteiger partial charge in [0.2, 0.25) is 0 Å². The lowest BCUT2D eigenvalue weighted by Gasteiger charge is -2.11. The van der Waals surface area contributed by atoms with Gasteiger partial charge in [-0.1, -0.05) is 29.6 Å². The molecule has 0 saturated heterocycles. The van der Waals surface area contributed by atoms with Crippen LogP contribution in [0.25, 0.3) is 0 Å². The highest BCUT2D eigenvalue weighted by atomic mass is 35.5. The molecule has 0 aromatic heterocycles. The van der Waals surface area contributed by atoms with Gasteiger partial charge in [0.05, 0.1) is 14.9 Å². The minimum atomic E-state index is -3.71. The second kappa shape index (κ2) is 8.94. The number of nitrogens with one attached hydrogen (secondary N) is 2. The Hall–Kier alpha value is -2.09. The third-order valence-corrected chi connectivity index (χ3v) is 6.37. The number of amidine groups is 1. The van der Waals surface area contributed by atoms with E-state index in [9.17, 15) is 13.2 Å². The SMILES string of the molecule is O=C(Nc1ccc(S(=O)(=O)NC2=NCCCCC2)cc1)c1ccc(Cl)c(Cl)c1. The molecule has 148 valence electrons. The van der Waals surface area contributed by atoms with Gasteiger partial charge >= 0.3 is 0 Å². The summed E-state index contributed by atoms with van der Waals surface area (Å²) in [4.78, 5) is 16.7. The Kier molecular flexibility index (Phi) is 6.59. The second-order valence-corrected chi connectivity index (χ2v) is 8.85. The van der Waals surface area contributed by atoms with Crippen molar-refractivity contribution in [1.29, 1.82) is 0 Å². The molecule has 0 unspecified atom stereocenters. The van der Waals surface area contributed by atoms with Crippen LogP contribution in [0.4, 0.5) is 5.69 Å². The average molecular weight is 440 g/mol. The summed E-state index contributed by atoms with van der Waals surface area (Å²) in [6, 6.07) is 10.5. The van der Waals surface area contributed by atoms with Crippen LogP contribution in [-0.4, -0.2) is 26.7 Å². The Labute approximate surface area is 174 Å². The molecule has 2 N–H and O–H groups in total. The number of sulfonamides is 1. The van der Waals surface area contributed by atoms with Crippen LogP contribution < -0.4 is 10.0 Å². The van der Waals surface area contributed by atoms with Gasteiger partial charge in [-0.2, -0.15) is 0 Å². The largest absolute Gasteiger partial charge is 0.322 e. The molecule has 0 aliphatic carbocycles. The van der Waals surface area contributed by atoms with Crippen molar-refractivity contribution >= 4 is 50.7 Å². The summed E-state index contributed by atoms with van der Waals surface area (Å²) in [5, 5.41) is 3.33. The topological polar surface area (TPSA) is 87.6 Å². The predicted octanol–water partition coefficient (Wildman–Crippen LogP) is 4.50. The molecule has 6 nitrogen and oxygen atoms in total. The number of carbonyl (C=O) groups excluding carboxylic acids is 1. The average Bonchev–Trinajstić information content (AvgIpc) is 2.92. The van der Waals surface area contributed by atoms with Gasteiger partial charge in [-0.25, -0.2) is 8.42 Å². The van der Waals surface area contributed by atoms with Crippen molar-refractivity contribution in [2.45, 2.75) is 30.6 Å². The normalized spacial score (nSPS) is 14.7. The zero-order chi connectivity index (χ0) is 20.1. The highest BCUT2D eigenvalue weighted by Gasteiger charge is 2.17. The quantitative estimate of drug-likeness (QED) is 0.734. The van der Waals surface area contributed by atoms with Crippen LogP contribution in [0.3, 0.4) is 0 Å². The van der Waals surface area contributed by atoms with Gasteiger partial charge < -0.3 is 5.32 Å². The molecule has 0 spiro atoms. The lowest BCUT2D eigenvalue weighted by atomic mass is 10.2. The van der Waals surface area contributed by atoms with Crippen LogP contribution in [0.2, 0.25) is 10.0 Å². The first-order valence-electron chi connectivity index (χ1n) is 8.78. The van der Waals surface area contributed by atoms with Crippen molar-refractivity contribution in [2.24, 2.45) is 4.99 Å². The molecular weight excluding hydrogens is 421 g/mol. The molecule has 1 heterocycles. The van der Waals surface area contributed by atoms with Crippen LogP contribution in [-0.2, 0) is 10.0 Å². The molecule has 2 aromatic rings. The maximum absolute atomic E-state index is 12.5. The number of anilines is 1. The zero-order valence-electron chi connectivity index (χ0n) is 14.9. The minimum Gasteiger partial charge on any atom is -0.322 e. The Bertz CT molecular complexity index is 1010. The van der Waals surface area contributed by atoms with Crippen molar-refractivity contribution in [3.63, 3.8) is 0 Å². The fourth-order valence-corrected chi connectivity index (χ4v) is 4.12. The molecule has 0 atom stereocenters. The number of hydrogen-bond acceptors (Lipinski definition) is 4. The Morgan fingerprint density at radius 1 is 0.964 bits per heavy atom. The van der Waals surface area contributed by atoms with Crippen molar-refractivity contribution in [3.8, 4) is 0 Å². The van der Waals surface area contributed by atoms with E-state index in [4.69, 9.17) is 23.2 Å². The summed E-state index contributed by atoms with van der Waals surface area (Å²) in [6.45, 7) is 0.636. The predicted molar refractivity (Wildman–Crippen MR) is 112 cm³/mol. The Morgan fingerprint density at radius 2 is 1.71 bits per heavy atom. The van der Waals surface area contributed by atoms with Crippen molar-refractivity contribution in [3.05, 3.63) is 58.1 Å². The Balaban J connectivity index is 1.69. The maximum Gasteiger partial charge on any atom is 0.262 e. The highest BCUT2D eigenvalue weighted by molar-refractivity contribution is 7.90. The summed E-state index contributed by atoms with van der Waals surface area (Å²) in [5.74, 6) is 0.120. The van der Waals surface area contributed by atoms with E-state index in [-0.39, 0.29) is 15.8 Å². The zero-order valence-corrected chi connectivity index (χ0v) is 17.2. The summed E-state index contributed by atoms with van der Waals surface area (Å²) in [5.41, 5.74) is 0.806. The molecular formula is C19H19Cl2N3O3S. The number of rotatable bonds is 4. The lowest BCUT2D eigenvalue weighted by Crippen LogP contribution is -2.30. The molecule has 0 saturated carbocycles. The van der Waals surface area contributed by atoms with Crippen LogP contribution in [0.15, 0.2) is 52.4 Å². The summed E-state index contributed by atoms with van der Waals surface area (Å²) in [7, 11) is -3.71. The minimum absolute atomic E-state index is 0.104. The smallest absolute Gasteiger partial charge is 0.262 e. The first-order chi connectivity index (χ1) is 13.3. The van der Waals surface area contributed by atoms with E-state index in [0.717, 1.165) is 19.3 Å². The van der Waals surface area contributed by atoms with E-state index in [2.05, 4.69) is 15.0 Å². The van der Waals surface area contributed by atoms with E-state index in [1.807, 2.05) is 0 Å². The highest BCUT2D eigenvalue weighted by Crippen LogP contribution is 2.23. The van der Waals surface area contributed by atoms with E-state index in [0.29, 0.717) is 35.1 Å². The summed E-state index contributed by atoms with van der Waals surface area (Å²) < 4.78 is 27.6. The third kappa shape index (κ3) is 5.25. The number of nitrogens with zero attached hydrogens (tertiary/aromatic N) is 1. The molecule has 0 radical (unpaired) electrons. The van der Waals surface area contributed by atoms with E-state index in [1.165, 1.54) is 36.4 Å². The van der Waals surface area contributed by atoms with Gasteiger partial charge in [0.25, 0.3) is 15.9 Å². The van der Waals surface area contributed by atoms with Gasteiger partial charge in [0.1, 0.15) is 5.84 Å². The van der Waals surface area contributed by atoms with Crippen molar-refractivity contribution in [2.75, 3.05) is 11.9 Å². The fourth-order valence-electron chi connectivity index (χ4n) is 2.73. The fraction of sp³-hybridized carbons (Fsp3) is 0.263. The van der Waals surface area contributed by atoms with Crippen LogP contribution >= 0.6 is 23.2 Å². The number of aliphatic imine (C=N–C) groups is 1. The molecule has 2 aromatic carbocycles. The number of amides is 1. The first-order valence-corrected chi connectivity index (χ1v) is 11.0. The van der Waals surface area contributed by atoms with Gasteiger partial charge in [-0.15, -0.1) is 0 Å². The standard InChI is InChI=1S/C19H19Cl2N3O3S/c20-16-10-5-13(12-17(16)21)19(25)23-14-6-8-15(9-7-14)28(26,27)24-18-4-2-1-3-11-22-18/h5-10,12H,1-4,11H2,(H,22,24)(H,23,25). The molecule has 0 bridgehead atoms. The first kappa shape index (κ1) is 20.6. The van der Waals surface area contributed by atoms with Gasteiger partial charge in [-0.05, 0) is 55.3 Å². The summed E-state index contributed by atoms with van der Waals surface area (Å²) >= 11 is 11.8. The molecule has 9 heteroatoms. The lowest BCUT2D eigenvalue weighted by molar-refractivity contribution is 0.102. The van der Waals surface area contributed by atoms with E-state index >= 15 is 0 Å². The second-order valence-electron chi connectivity index (χ2n) is 6.35. The molecule has 28 heavy (non-hydrogen) atoms. The third-order valence-electron chi connectivity index (χ3n) is 4.23. The van der Waals surface area contributed by atoms with Crippen LogP contribution in [0.5, 0.6) is 0 Å². The molecule has 3 rings (SSSR count). The molecule has 1 aliphatic rings.